The molecule has 2 aromatic carbocycles. The van der Waals surface area contributed by atoms with Gasteiger partial charge in [-0.3, -0.25) is 14.4 Å². The van der Waals surface area contributed by atoms with Gasteiger partial charge in [-0.25, -0.2) is 0 Å². The maximum atomic E-state index is 13.7. The molecule has 1 atom stereocenters. The SMILES string of the molecule is CCC(=O)N1CCC2(CC1)C(=O)N(CC(=O)NC(C)c1ccccc1)CN2c1ccccc1. The van der Waals surface area contributed by atoms with E-state index < -0.39 is 5.54 Å². The molecule has 1 unspecified atom stereocenters. The van der Waals surface area contributed by atoms with Gasteiger partial charge in [-0.1, -0.05) is 55.5 Å². The van der Waals surface area contributed by atoms with Crippen LogP contribution in [-0.2, 0) is 14.4 Å². The monoisotopic (exact) mass is 448 g/mol. The zero-order chi connectivity index (χ0) is 23.4. The smallest absolute Gasteiger partial charge is 0.250 e. The molecule has 0 saturated carbocycles. The van der Waals surface area contributed by atoms with Crippen LogP contribution in [0.2, 0.25) is 0 Å². The van der Waals surface area contributed by atoms with Crippen LogP contribution < -0.4 is 10.2 Å². The van der Waals surface area contributed by atoms with Crippen LogP contribution in [-0.4, -0.2) is 59.4 Å². The largest absolute Gasteiger partial charge is 0.348 e. The Labute approximate surface area is 195 Å². The van der Waals surface area contributed by atoms with E-state index in [1.165, 1.54) is 0 Å². The summed E-state index contributed by atoms with van der Waals surface area (Å²) in [5, 5.41) is 3.01. The molecule has 0 aliphatic carbocycles. The number of amides is 3. The molecule has 0 aromatic heterocycles. The average molecular weight is 449 g/mol. The lowest BCUT2D eigenvalue weighted by Gasteiger charge is -2.43. The van der Waals surface area contributed by atoms with Crippen molar-refractivity contribution in [1.29, 1.82) is 0 Å². The fourth-order valence-corrected chi connectivity index (χ4v) is 4.96. The maximum Gasteiger partial charge on any atom is 0.250 e. The van der Waals surface area contributed by atoms with Crippen molar-refractivity contribution in [3.05, 3.63) is 66.2 Å². The van der Waals surface area contributed by atoms with Crippen LogP contribution in [0, 0.1) is 0 Å². The molecule has 2 fully saturated rings. The first-order valence-corrected chi connectivity index (χ1v) is 11.7. The molecule has 4 rings (SSSR count). The molecule has 1 N–H and O–H groups in total. The van der Waals surface area contributed by atoms with Gasteiger partial charge in [0.15, 0.2) is 0 Å². The van der Waals surface area contributed by atoms with Gasteiger partial charge in [0, 0.05) is 25.2 Å². The maximum absolute atomic E-state index is 13.7. The van der Waals surface area contributed by atoms with Gasteiger partial charge in [-0.15, -0.1) is 0 Å². The van der Waals surface area contributed by atoms with Crippen molar-refractivity contribution in [2.45, 2.75) is 44.7 Å². The molecule has 7 nitrogen and oxygen atoms in total. The highest BCUT2D eigenvalue weighted by Gasteiger charge is 2.54. The number of carbonyl (C=O) groups excluding carboxylic acids is 3. The van der Waals surface area contributed by atoms with Crippen molar-refractivity contribution in [1.82, 2.24) is 15.1 Å². The van der Waals surface area contributed by atoms with Crippen LogP contribution in [0.3, 0.4) is 0 Å². The van der Waals surface area contributed by atoms with Gasteiger partial charge in [0.05, 0.1) is 12.7 Å². The zero-order valence-corrected chi connectivity index (χ0v) is 19.4. The van der Waals surface area contributed by atoms with Crippen molar-refractivity contribution in [3.8, 4) is 0 Å². The summed E-state index contributed by atoms with van der Waals surface area (Å²) in [6.07, 6.45) is 1.59. The van der Waals surface area contributed by atoms with Crippen LogP contribution in [0.15, 0.2) is 60.7 Å². The molecule has 2 aliphatic heterocycles. The second kappa shape index (κ2) is 9.65. The molecule has 2 heterocycles. The van der Waals surface area contributed by atoms with Crippen LogP contribution in [0.1, 0.15) is 44.7 Å². The van der Waals surface area contributed by atoms with Crippen LogP contribution in [0.5, 0.6) is 0 Å². The average Bonchev–Trinajstić information content (AvgIpc) is 3.11. The summed E-state index contributed by atoms with van der Waals surface area (Å²) in [4.78, 5) is 44.4. The predicted octanol–water partition coefficient (Wildman–Crippen LogP) is 2.94. The Morgan fingerprint density at radius 3 is 2.21 bits per heavy atom. The topological polar surface area (TPSA) is 73.0 Å². The molecule has 0 bridgehead atoms. The number of nitrogens with one attached hydrogen (secondary N) is 1. The van der Waals surface area contributed by atoms with Crippen LogP contribution in [0.25, 0.3) is 0 Å². The number of rotatable bonds is 6. The third-order valence-electron chi connectivity index (χ3n) is 6.84. The highest BCUT2D eigenvalue weighted by Crippen LogP contribution is 2.39. The Kier molecular flexibility index (Phi) is 6.67. The molecule has 2 aromatic rings. The second-order valence-electron chi connectivity index (χ2n) is 8.87. The lowest BCUT2D eigenvalue weighted by molar-refractivity contribution is -0.140. The lowest BCUT2D eigenvalue weighted by Crippen LogP contribution is -2.57. The summed E-state index contributed by atoms with van der Waals surface area (Å²) >= 11 is 0. The first-order valence-electron chi connectivity index (χ1n) is 11.7. The lowest BCUT2D eigenvalue weighted by atomic mass is 9.85. The van der Waals surface area contributed by atoms with Gasteiger partial charge in [0.2, 0.25) is 11.8 Å². The van der Waals surface area contributed by atoms with Crippen molar-refractivity contribution >= 4 is 23.4 Å². The number of anilines is 1. The van der Waals surface area contributed by atoms with E-state index in [0.29, 0.717) is 39.0 Å². The van der Waals surface area contributed by atoms with Gasteiger partial charge in [-0.2, -0.15) is 0 Å². The van der Waals surface area contributed by atoms with Gasteiger partial charge in [0.25, 0.3) is 5.91 Å². The van der Waals surface area contributed by atoms with Crippen LogP contribution >= 0.6 is 0 Å². The number of hydrogen-bond acceptors (Lipinski definition) is 4. The normalized spacial score (nSPS) is 18.5. The fraction of sp³-hybridized carbons (Fsp3) is 0.423. The number of nitrogens with zero attached hydrogens (tertiary/aromatic N) is 3. The Morgan fingerprint density at radius 1 is 1.00 bits per heavy atom. The Morgan fingerprint density at radius 2 is 1.61 bits per heavy atom. The Bertz CT molecular complexity index is 987. The van der Waals surface area contributed by atoms with E-state index in [9.17, 15) is 14.4 Å². The molecule has 3 amide bonds. The third-order valence-corrected chi connectivity index (χ3v) is 6.84. The number of para-hydroxylation sites is 1. The first kappa shape index (κ1) is 22.8. The summed E-state index contributed by atoms with van der Waals surface area (Å²) < 4.78 is 0. The van der Waals surface area contributed by atoms with E-state index >= 15 is 0 Å². The van der Waals surface area contributed by atoms with E-state index in [-0.39, 0.29) is 30.3 Å². The molecular weight excluding hydrogens is 416 g/mol. The van der Waals surface area contributed by atoms with Gasteiger partial charge >= 0.3 is 0 Å². The summed E-state index contributed by atoms with van der Waals surface area (Å²) in [6.45, 7) is 5.27. The zero-order valence-electron chi connectivity index (χ0n) is 19.4. The van der Waals surface area contributed by atoms with E-state index in [0.717, 1.165) is 11.3 Å². The van der Waals surface area contributed by atoms with Crippen LogP contribution in [0.4, 0.5) is 5.69 Å². The highest BCUT2D eigenvalue weighted by molar-refractivity contribution is 5.96. The fourth-order valence-electron chi connectivity index (χ4n) is 4.96. The summed E-state index contributed by atoms with van der Waals surface area (Å²) in [5.41, 5.74) is 1.26. The van der Waals surface area contributed by atoms with Crippen molar-refractivity contribution in [2.24, 2.45) is 0 Å². The summed E-state index contributed by atoms with van der Waals surface area (Å²) in [7, 11) is 0. The standard InChI is InChI=1S/C26H32N4O3/c1-3-24(32)28-16-14-26(15-17-28)25(33)29(19-30(26)22-12-8-5-9-13-22)18-23(31)27-20(2)21-10-6-4-7-11-21/h4-13,20H,3,14-19H2,1-2H3,(H,27,31). The quantitative estimate of drug-likeness (QED) is 0.738. The van der Waals surface area contributed by atoms with Crippen molar-refractivity contribution < 1.29 is 14.4 Å². The van der Waals surface area contributed by atoms with Gasteiger partial charge in [-0.05, 0) is 37.5 Å². The number of benzene rings is 2. The molecule has 2 aliphatic rings. The molecule has 0 radical (unpaired) electrons. The van der Waals surface area contributed by atoms with Crippen molar-refractivity contribution in [3.63, 3.8) is 0 Å². The molecule has 1 spiro atoms. The first-order chi connectivity index (χ1) is 15.9. The molecule has 2 saturated heterocycles. The van der Waals surface area contributed by atoms with E-state index in [4.69, 9.17) is 0 Å². The highest BCUT2D eigenvalue weighted by atomic mass is 16.2. The Hall–Kier alpha value is -3.35. The second-order valence-corrected chi connectivity index (χ2v) is 8.87. The minimum atomic E-state index is -0.725. The number of hydrogen-bond donors (Lipinski definition) is 1. The summed E-state index contributed by atoms with van der Waals surface area (Å²) in [5.74, 6) is -0.0893. The van der Waals surface area contributed by atoms with E-state index in [2.05, 4.69) is 10.2 Å². The van der Waals surface area contributed by atoms with Gasteiger partial charge < -0.3 is 20.0 Å². The minimum absolute atomic E-state index is 0.0126. The Balaban J connectivity index is 1.50. The van der Waals surface area contributed by atoms with Crippen molar-refractivity contribution in [2.75, 3.05) is 31.2 Å². The number of likely N-dealkylation sites (tertiary alicyclic amines) is 1. The summed E-state index contributed by atoms with van der Waals surface area (Å²) in [6, 6.07) is 19.5. The number of piperidine rings is 1. The van der Waals surface area contributed by atoms with Gasteiger partial charge in [0.1, 0.15) is 12.1 Å². The minimum Gasteiger partial charge on any atom is -0.348 e. The molecule has 174 valence electrons. The number of carbonyl (C=O) groups is 3. The molecule has 33 heavy (non-hydrogen) atoms. The van der Waals surface area contributed by atoms with E-state index in [1.54, 1.807) is 4.90 Å². The molecule has 7 heteroatoms. The third kappa shape index (κ3) is 4.58. The predicted molar refractivity (Wildman–Crippen MR) is 127 cm³/mol. The van der Waals surface area contributed by atoms with E-state index in [1.807, 2.05) is 79.4 Å². The molecular formula is C26H32N4O3.